The van der Waals surface area contributed by atoms with E-state index in [0.29, 0.717) is 5.56 Å². The van der Waals surface area contributed by atoms with Gasteiger partial charge in [0.1, 0.15) is 0 Å². The molecule has 1 aromatic heterocycles. The van der Waals surface area contributed by atoms with Crippen LogP contribution in [-0.2, 0) is 10.0 Å². The van der Waals surface area contributed by atoms with Crippen LogP contribution in [0, 0.1) is 24.0 Å². The number of benzene rings is 1. The summed E-state index contributed by atoms with van der Waals surface area (Å²) in [6.45, 7) is 3.47. The molecular formula is C13H13N3O4S2. The lowest BCUT2D eigenvalue weighted by Gasteiger charge is -2.04. The van der Waals surface area contributed by atoms with Crippen LogP contribution >= 0.6 is 11.3 Å². The van der Waals surface area contributed by atoms with Crippen LogP contribution in [0.4, 0.5) is 5.69 Å². The van der Waals surface area contributed by atoms with E-state index in [-0.39, 0.29) is 10.6 Å². The normalized spacial score (nSPS) is 11.7. The summed E-state index contributed by atoms with van der Waals surface area (Å²) in [6.07, 6.45) is 1.39. The number of hydrazone groups is 1. The van der Waals surface area contributed by atoms with Crippen LogP contribution < -0.4 is 4.83 Å². The summed E-state index contributed by atoms with van der Waals surface area (Å²) < 4.78 is 24.1. The summed E-state index contributed by atoms with van der Waals surface area (Å²) in [7, 11) is -3.94. The van der Waals surface area contributed by atoms with Gasteiger partial charge in [-0.3, -0.25) is 10.1 Å². The maximum absolute atomic E-state index is 12.1. The molecule has 7 nitrogen and oxygen atoms in total. The highest BCUT2D eigenvalue weighted by Gasteiger charge is 2.19. The number of nitro benzene ring substituents is 1. The average molecular weight is 339 g/mol. The Labute approximate surface area is 131 Å². The van der Waals surface area contributed by atoms with Crippen molar-refractivity contribution < 1.29 is 13.3 Å². The molecule has 0 spiro atoms. The standard InChI is InChI=1S/C13H13N3O4S2/c1-9-3-6-12(7-13(9)16(17)18)22(19,20)15-14-8-11-5-4-10(2)21-11/h3-8,15H,1-2H3. The minimum atomic E-state index is -3.94. The average Bonchev–Trinajstić information content (AvgIpc) is 2.84. The molecule has 2 aromatic rings. The monoisotopic (exact) mass is 339 g/mol. The number of sulfonamides is 1. The summed E-state index contributed by atoms with van der Waals surface area (Å²) in [4.78, 5) is 14.0. The largest absolute Gasteiger partial charge is 0.276 e. The van der Waals surface area contributed by atoms with Gasteiger partial charge in [0.15, 0.2) is 0 Å². The first-order valence-electron chi connectivity index (χ1n) is 6.16. The smallest absolute Gasteiger partial charge is 0.258 e. The van der Waals surface area contributed by atoms with Crippen molar-refractivity contribution in [2.75, 3.05) is 0 Å². The van der Waals surface area contributed by atoms with Crippen LogP contribution in [0.2, 0.25) is 0 Å². The predicted octanol–water partition coefficient (Wildman–Crippen LogP) is 2.59. The Kier molecular flexibility index (Phi) is 4.57. The van der Waals surface area contributed by atoms with E-state index in [0.717, 1.165) is 15.8 Å². The summed E-state index contributed by atoms with van der Waals surface area (Å²) >= 11 is 1.47. The number of thiophene rings is 1. The van der Waals surface area contributed by atoms with Gasteiger partial charge >= 0.3 is 0 Å². The van der Waals surface area contributed by atoms with E-state index >= 15 is 0 Å². The molecule has 116 valence electrons. The molecule has 1 heterocycles. The molecule has 1 N–H and O–H groups in total. The van der Waals surface area contributed by atoms with E-state index in [2.05, 4.69) is 5.10 Å². The number of hydrogen-bond donors (Lipinski definition) is 1. The molecule has 0 unspecified atom stereocenters. The van der Waals surface area contributed by atoms with Gasteiger partial charge in [-0.05, 0) is 32.0 Å². The Balaban J connectivity index is 2.22. The quantitative estimate of drug-likeness (QED) is 0.514. The third-order valence-corrected chi connectivity index (χ3v) is 4.97. The van der Waals surface area contributed by atoms with Gasteiger partial charge in [-0.25, -0.2) is 4.83 Å². The fourth-order valence-electron chi connectivity index (χ4n) is 1.69. The van der Waals surface area contributed by atoms with Crippen molar-refractivity contribution in [3.8, 4) is 0 Å². The van der Waals surface area contributed by atoms with E-state index < -0.39 is 14.9 Å². The number of rotatable bonds is 5. The minimum absolute atomic E-state index is 0.204. The molecule has 1 aromatic carbocycles. The van der Waals surface area contributed by atoms with Gasteiger partial charge in [-0.15, -0.1) is 11.3 Å². The van der Waals surface area contributed by atoms with Gasteiger partial charge in [0, 0.05) is 21.4 Å². The Bertz CT molecular complexity index is 841. The lowest BCUT2D eigenvalue weighted by atomic mass is 10.2. The SMILES string of the molecule is Cc1ccc(C=NNS(=O)(=O)c2ccc(C)c([N+](=O)[O-])c2)s1. The molecule has 0 aliphatic heterocycles. The van der Waals surface area contributed by atoms with Crippen molar-refractivity contribution in [3.63, 3.8) is 0 Å². The van der Waals surface area contributed by atoms with E-state index in [9.17, 15) is 18.5 Å². The molecule has 0 saturated heterocycles. The molecule has 0 bridgehead atoms. The highest BCUT2D eigenvalue weighted by atomic mass is 32.2. The van der Waals surface area contributed by atoms with Crippen molar-refractivity contribution in [1.29, 1.82) is 0 Å². The molecule has 0 fully saturated rings. The predicted molar refractivity (Wildman–Crippen MR) is 84.8 cm³/mol. The third kappa shape index (κ3) is 3.68. The Morgan fingerprint density at radius 2 is 2.00 bits per heavy atom. The van der Waals surface area contributed by atoms with Gasteiger partial charge in [0.25, 0.3) is 15.7 Å². The second-order valence-corrected chi connectivity index (χ2v) is 7.49. The number of nitro groups is 1. The Hall–Kier alpha value is -2.26. The second-order valence-electron chi connectivity index (χ2n) is 4.51. The molecular weight excluding hydrogens is 326 g/mol. The van der Waals surface area contributed by atoms with E-state index in [4.69, 9.17) is 0 Å². The van der Waals surface area contributed by atoms with Gasteiger partial charge in [0.2, 0.25) is 0 Å². The van der Waals surface area contributed by atoms with Crippen LogP contribution in [0.15, 0.2) is 40.3 Å². The van der Waals surface area contributed by atoms with Crippen LogP contribution in [0.3, 0.4) is 0 Å². The first-order valence-corrected chi connectivity index (χ1v) is 8.46. The van der Waals surface area contributed by atoms with Gasteiger partial charge in [-0.1, -0.05) is 6.07 Å². The molecule has 0 amide bonds. The molecule has 0 aliphatic rings. The lowest BCUT2D eigenvalue weighted by Crippen LogP contribution is -2.18. The summed E-state index contributed by atoms with van der Waals surface area (Å²) in [5.74, 6) is 0. The highest BCUT2D eigenvalue weighted by Crippen LogP contribution is 2.22. The zero-order valence-corrected chi connectivity index (χ0v) is 13.4. The molecule has 0 atom stereocenters. The first kappa shape index (κ1) is 16.1. The summed E-state index contributed by atoms with van der Waals surface area (Å²) in [5, 5.41) is 14.5. The summed E-state index contributed by atoms with van der Waals surface area (Å²) in [6, 6.07) is 7.41. The molecule has 0 aliphatic carbocycles. The number of aryl methyl sites for hydroxylation is 2. The van der Waals surface area contributed by atoms with Gasteiger partial charge < -0.3 is 0 Å². The molecule has 22 heavy (non-hydrogen) atoms. The van der Waals surface area contributed by atoms with Crippen LogP contribution in [-0.4, -0.2) is 19.6 Å². The van der Waals surface area contributed by atoms with Crippen molar-refractivity contribution in [2.45, 2.75) is 18.7 Å². The lowest BCUT2D eigenvalue weighted by molar-refractivity contribution is -0.385. The fraction of sp³-hybridized carbons (Fsp3) is 0.154. The fourth-order valence-corrected chi connectivity index (χ4v) is 3.25. The van der Waals surface area contributed by atoms with Crippen LogP contribution in [0.1, 0.15) is 15.3 Å². The molecule has 9 heteroatoms. The maximum atomic E-state index is 12.1. The van der Waals surface area contributed by atoms with Gasteiger partial charge in [0.05, 0.1) is 16.0 Å². The molecule has 0 saturated carbocycles. The topological polar surface area (TPSA) is 102 Å². The Morgan fingerprint density at radius 1 is 1.27 bits per heavy atom. The number of nitrogens with zero attached hydrogens (tertiary/aromatic N) is 2. The van der Waals surface area contributed by atoms with Crippen LogP contribution in [0.5, 0.6) is 0 Å². The van der Waals surface area contributed by atoms with Crippen molar-refractivity contribution >= 4 is 33.3 Å². The maximum Gasteiger partial charge on any atom is 0.276 e. The van der Waals surface area contributed by atoms with E-state index in [1.807, 2.05) is 23.9 Å². The number of nitrogens with one attached hydrogen (secondary N) is 1. The van der Waals surface area contributed by atoms with E-state index in [1.54, 1.807) is 6.92 Å². The molecule has 0 radical (unpaired) electrons. The second kappa shape index (κ2) is 6.24. The highest BCUT2D eigenvalue weighted by molar-refractivity contribution is 7.89. The van der Waals surface area contributed by atoms with Crippen LogP contribution in [0.25, 0.3) is 0 Å². The molecule has 2 rings (SSSR count). The third-order valence-electron chi connectivity index (χ3n) is 2.81. The Morgan fingerprint density at radius 3 is 2.59 bits per heavy atom. The van der Waals surface area contributed by atoms with Crippen molar-refractivity contribution in [2.24, 2.45) is 5.10 Å². The van der Waals surface area contributed by atoms with Gasteiger partial charge in [-0.2, -0.15) is 13.5 Å². The van der Waals surface area contributed by atoms with E-state index in [1.165, 1.54) is 29.7 Å². The van der Waals surface area contributed by atoms with Crippen molar-refractivity contribution in [1.82, 2.24) is 4.83 Å². The first-order chi connectivity index (χ1) is 10.3. The van der Waals surface area contributed by atoms with Crippen molar-refractivity contribution in [3.05, 3.63) is 55.8 Å². The zero-order valence-electron chi connectivity index (χ0n) is 11.8. The number of hydrogen-bond acceptors (Lipinski definition) is 6. The summed E-state index contributed by atoms with van der Waals surface area (Å²) in [5.41, 5.74) is 0.141. The minimum Gasteiger partial charge on any atom is -0.258 e. The zero-order chi connectivity index (χ0) is 16.3.